The quantitative estimate of drug-likeness (QED) is 0.740. The lowest BCUT2D eigenvalue weighted by atomic mass is 9.87. The molecule has 1 aliphatic rings. The number of carbonyl (C=O) groups excluding carboxylic acids is 1. The fourth-order valence-electron chi connectivity index (χ4n) is 3.35. The van der Waals surface area contributed by atoms with Crippen LogP contribution in [0.4, 0.5) is 10.1 Å². The van der Waals surface area contributed by atoms with Crippen LogP contribution in [0.3, 0.4) is 0 Å². The first-order chi connectivity index (χ1) is 13.5. The monoisotopic (exact) mass is 420 g/mol. The van der Waals surface area contributed by atoms with Crippen molar-refractivity contribution in [3.8, 4) is 5.75 Å². The molecule has 6 nitrogen and oxygen atoms in total. The summed E-state index contributed by atoms with van der Waals surface area (Å²) in [5.74, 6) is -1.12. The van der Waals surface area contributed by atoms with Crippen molar-refractivity contribution in [2.24, 2.45) is 0 Å². The Bertz CT molecular complexity index is 1010. The molecule has 29 heavy (non-hydrogen) atoms. The summed E-state index contributed by atoms with van der Waals surface area (Å²) in [6.07, 6.45) is 0.901. The maximum atomic E-state index is 13.2. The van der Waals surface area contributed by atoms with E-state index in [1.54, 1.807) is 12.1 Å². The summed E-state index contributed by atoms with van der Waals surface area (Å²) in [7, 11) is -3.94. The van der Waals surface area contributed by atoms with Gasteiger partial charge in [-0.2, -0.15) is 4.31 Å². The van der Waals surface area contributed by atoms with Crippen molar-refractivity contribution >= 4 is 21.6 Å². The number of amides is 1. The van der Waals surface area contributed by atoms with Crippen LogP contribution in [-0.2, 0) is 20.2 Å². The van der Waals surface area contributed by atoms with Gasteiger partial charge in [-0.1, -0.05) is 26.8 Å². The topological polar surface area (TPSA) is 86.7 Å². The summed E-state index contributed by atoms with van der Waals surface area (Å²) in [6.45, 7) is 6.24. The van der Waals surface area contributed by atoms with Crippen LogP contribution in [0.1, 0.15) is 39.2 Å². The Hall–Kier alpha value is -2.45. The van der Waals surface area contributed by atoms with Gasteiger partial charge in [-0.3, -0.25) is 4.79 Å². The van der Waals surface area contributed by atoms with Crippen molar-refractivity contribution in [3.05, 3.63) is 53.8 Å². The second-order valence-electron chi connectivity index (χ2n) is 8.20. The van der Waals surface area contributed by atoms with Gasteiger partial charge >= 0.3 is 0 Å². The summed E-state index contributed by atoms with van der Waals surface area (Å²) in [6, 6.07) is 8.63. The second kappa shape index (κ2) is 7.76. The molecule has 0 saturated carbocycles. The average molecular weight is 421 g/mol. The third kappa shape index (κ3) is 4.43. The Morgan fingerprint density at radius 3 is 2.45 bits per heavy atom. The zero-order valence-electron chi connectivity index (χ0n) is 16.6. The first-order valence-electron chi connectivity index (χ1n) is 9.42. The van der Waals surface area contributed by atoms with E-state index in [4.69, 9.17) is 0 Å². The molecule has 0 spiro atoms. The number of anilines is 1. The number of nitrogens with one attached hydrogen (secondary N) is 1. The smallest absolute Gasteiger partial charge is 0.243 e. The van der Waals surface area contributed by atoms with Crippen LogP contribution in [0.25, 0.3) is 0 Å². The fourth-order valence-corrected chi connectivity index (χ4v) is 5.01. The molecule has 3 rings (SSSR count). The molecule has 0 aromatic heterocycles. The number of nitrogens with zero attached hydrogens (tertiary/aromatic N) is 1. The highest BCUT2D eigenvalue weighted by Gasteiger charge is 2.39. The van der Waals surface area contributed by atoms with E-state index in [9.17, 15) is 22.7 Å². The van der Waals surface area contributed by atoms with Crippen LogP contribution in [0.15, 0.2) is 47.4 Å². The van der Waals surface area contributed by atoms with Crippen molar-refractivity contribution in [1.29, 1.82) is 0 Å². The number of carbonyl (C=O) groups is 1. The number of benzene rings is 2. The molecule has 1 saturated heterocycles. The Kier molecular flexibility index (Phi) is 5.69. The molecule has 8 heteroatoms. The van der Waals surface area contributed by atoms with Crippen molar-refractivity contribution in [2.45, 2.75) is 50.0 Å². The number of hydrogen-bond donors (Lipinski definition) is 2. The number of sulfonamides is 1. The molecule has 2 N–H and O–H groups in total. The molecular formula is C21H25FN2O4S. The van der Waals surface area contributed by atoms with Crippen LogP contribution < -0.4 is 5.32 Å². The molecule has 1 atom stereocenters. The maximum Gasteiger partial charge on any atom is 0.243 e. The third-order valence-electron chi connectivity index (χ3n) is 5.05. The van der Waals surface area contributed by atoms with Gasteiger partial charge < -0.3 is 10.4 Å². The van der Waals surface area contributed by atoms with Gasteiger partial charge in [0.25, 0.3) is 0 Å². The third-order valence-corrected chi connectivity index (χ3v) is 6.97. The van der Waals surface area contributed by atoms with Gasteiger partial charge in [0.15, 0.2) is 0 Å². The lowest BCUT2D eigenvalue weighted by molar-refractivity contribution is -0.119. The van der Waals surface area contributed by atoms with Gasteiger partial charge in [0.1, 0.15) is 17.6 Å². The predicted molar refractivity (Wildman–Crippen MR) is 109 cm³/mol. The largest absolute Gasteiger partial charge is 0.506 e. The van der Waals surface area contributed by atoms with E-state index < -0.39 is 27.8 Å². The highest BCUT2D eigenvalue weighted by molar-refractivity contribution is 7.89. The first kappa shape index (κ1) is 21.3. The standard InChI is InChI=1S/C21H25FN2O4S/c1-21(2,3)14-6-11-19(25)17(13-14)23-20(26)18-5-4-12-24(18)29(27,28)16-9-7-15(22)8-10-16/h6-11,13,18,25H,4-5,12H2,1-3H3,(H,23,26). The summed E-state index contributed by atoms with van der Waals surface area (Å²) in [4.78, 5) is 12.8. The van der Waals surface area contributed by atoms with E-state index in [-0.39, 0.29) is 28.3 Å². The Balaban J connectivity index is 1.85. The number of halogens is 1. The molecule has 1 heterocycles. The van der Waals surface area contributed by atoms with E-state index in [2.05, 4.69) is 5.32 Å². The van der Waals surface area contributed by atoms with Gasteiger partial charge in [-0.05, 0) is 60.2 Å². The summed E-state index contributed by atoms with van der Waals surface area (Å²) >= 11 is 0. The van der Waals surface area contributed by atoms with E-state index >= 15 is 0 Å². The number of rotatable bonds is 4. The van der Waals surface area contributed by atoms with Crippen LogP contribution in [0.2, 0.25) is 0 Å². The molecular weight excluding hydrogens is 395 g/mol. The highest BCUT2D eigenvalue weighted by atomic mass is 32.2. The summed E-state index contributed by atoms with van der Waals surface area (Å²) in [5, 5.41) is 12.8. The molecule has 0 radical (unpaired) electrons. The van der Waals surface area contributed by atoms with E-state index in [1.807, 2.05) is 20.8 Å². The van der Waals surface area contributed by atoms with E-state index in [0.717, 1.165) is 22.0 Å². The molecule has 1 aliphatic heterocycles. The molecule has 1 unspecified atom stereocenters. The predicted octanol–water partition coefficient (Wildman–Crippen LogP) is 3.62. The van der Waals surface area contributed by atoms with Gasteiger partial charge in [0, 0.05) is 6.54 Å². The molecule has 156 valence electrons. The van der Waals surface area contributed by atoms with Crippen LogP contribution in [0, 0.1) is 5.82 Å². The Morgan fingerprint density at radius 2 is 1.83 bits per heavy atom. The Morgan fingerprint density at radius 1 is 1.17 bits per heavy atom. The van der Waals surface area contributed by atoms with Crippen molar-refractivity contribution in [3.63, 3.8) is 0 Å². The number of aromatic hydroxyl groups is 1. The van der Waals surface area contributed by atoms with Gasteiger partial charge in [-0.25, -0.2) is 12.8 Å². The zero-order chi connectivity index (χ0) is 21.4. The normalized spacial score (nSPS) is 18.0. The van der Waals surface area contributed by atoms with Gasteiger partial charge in [0.2, 0.25) is 15.9 Å². The summed E-state index contributed by atoms with van der Waals surface area (Å²) in [5.41, 5.74) is 0.986. The minimum atomic E-state index is -3.94. The molecule has 0 bridgehead atoms. The number of hydrogen-bond acceptors (Lipinski definition) is 4. The maximum absolute atomic E-state index is 13.2. The number of phenols is 1. The Labute approximate surface area is 170 Å². The van der Waals surface area contributed by atoms with E-state index in [0.29, 0.717) is 12.8 Å². The lowest BCUT2D eigenvalue weighted by Crippen LogP contribution is -2.43. The number of phenolic OH excluding ortho intramolecular Hbond substituents is 1. The lowest BCUT2D eigenvalue weighted by Gasteiger charge is -2.24. The van der Waals surface area contributed by atoms with Crippen molar-refractivity contribution < 1.29 is 22.7 Å². The first-order valence-corrected chi connectivity index (χ1v) is 10.9. The van der Waals surface area contributed by atoms with E-state index in [1.165, 1.54) is 18.2 Å². The SMILES string of the molecule is CC(C)(C)c1ccc(O)c(NC(=O)C2CCCN2S(=O)(=O)c2ccc(F)cc2)c1. The average Bonchev–Trinajstić information content (AvgIpc) is 3.14. The van der Waals surface area contributed by atoms with Gasteiger partial charge in [0.05, 0.1) is 10.6 Å². The minimum absolute atomic E-state index is 0.0591. The van der Waals surface area contributed by atoms with Crippen molar-refractivity contribution in [1.82, 2.24) is 4.31 Å². The van der Waals surface area contributed by atoms with Crippen LogP contribution >= 0.6 is 0 Å². The molecule has 0 aliphatic carbocycles. The van der Waals surface area contributed by atoms with Crippen molar-refractivity contribution in [2.75, 3.05) is 11.9 Å². The molecule has 1 amide bonds. The molecule has 2 aromatic carbocycles. The summed E-state index contributed by atoms with van der Waals surface area (Å²) < 4.78 is 40.2. The van der Waals surface area contributed by atoms with Gasteiger partial charge in [-0.15, -0.1) is 0 Å². The second-order valence-corrected chi connectivity index (χ2v) is 10.1. The van der Waals surface area contributed by atoms with Crippen LogP contribution in [-0.4, -0.2) is 36.3 Å². The fraction of sp³-hybridized carbons (Fsp3) is 0.381. The zero-order valence-corrected chi connectivity index (χ0v) is 17.5. The minimum Gasteiger partial charge on any atom is -0.506 e. The highest BCUT2D eigenvalue weighted by Crippen LogP contribution is 2.32. The molecule has 1 fully saturated rings. The van der Waals surface area contributed by atoms with Crippen LogP contribution in [0.5, 0.6) is 5.75 Å². The molecule has 2 aromatic rings.